The smallest absolute Gasteiger partial charge is 0.0803 e. The van der Waals surface area contributed by atoms with Crippen LogP contribution in [0.2, 0.25) is 0 Å². The Hall–Kier alpha value is -0.480. The fourth-order valence-corrected chi connectivity index (χ4v) is 2.60. The Balaban J connectivity index is 2.13. The van der Waals surface area contributed by atoms with E-state index in [0.717, 1.165) is 19.4 Å². The van der Waals surface area contributed by atoms with E-state index >= 15 is 0 Å². The lowest BCUT2D eigenvalue weighted by atomic mass is 10.1. The number of hydrogen-bond acceptors (Lipinski definition) is 4. The number of nitrogens with zero attached hydrogens (tertiary/aromatic N) is 2. The van der Waals surface area contributed by atoms with Gasteiger partial charge >= 0.3 is 0 Å². The third kappa shape index (κ3) is 1.89. The first-order chi connectivity index (χ1) is 6.42. The molecule has 1 aliphatic heterocycles. The van der Waals surface area contributed by atoms with Crippen molar-refractivity contribution >= 4 is 11.5 Å². The van der Waals surface area contributed by atoms with Crippen molar-refractivity contribution in [2.45, 2.75) is 38.6 Å². The molecule has 0 spiro atoms. The second-order valence-corrected chi connectivity index (χ2v) is 4.27. The van der Waals surface area contributed by atoms with Crippen molar-refractivity contribution in [3.63, 3.8) is 0 Å². The zero-order valence-electron chi connectivity index (χ0n) is 7.92. The minimum Gasteiger partial charge on any atom is -0.309 e. The summed E-state index contributed by atoms with van der Waals surface area (Å²) in [5, 5.41) is 7.67. The number of rotatable bonds is 3. The van der Waals surface area contributed by atoms with Crippen LogP contribution in [0.4, 0.5) is 0 Å². The Kier molecular flexibility index (Phi) is 2.90. The molecule has 0 aromatic carbocycles. The van der Waals surface area contributed by atoms with Gasteiger partial charge in [-0.15, -0.1) is 5.10 Å². The molecule has 1 aromatic rings. The SMILES string of the molecule is CCCc1nnsc1C1CCCN1. The highest BCUT2D eigenvalue weighted by atomic mass is 32.1. The molecule has 72 valence electrons. The standard InChI is InChI=1S/C9H15N3S/c1-2-4-8-9(13-12-11-8)7-5-3-6-10-7/h7,10H,2-6H2,1H3. The molecule has 3 nitrogen and oxygen atoms in total. The molecule has 0 saturated carbocycles. The maximum atomic E-state index is 4.18. The molecule has 1 fully saturated rings. The van der Waals surface area contributed by atoms with Crippen molar-refractivity contribution in [1.82, 2.24) is 14.9 Å². The molecule has 1 saturated heterocycles. The minimum atomic E-state index is 0.543. The van der Waals surface area contributed by atoms with Crippen molar-refractivity contribution in [2.24, 2.45) is 0 Å². The Morgan fingerprint density at radius 1 is 1.62 bits per heavy atom. The van der Waals surface area contributed by atoms with E-state index in [2.05, 4.69) is 21.8 Å². The first-order valence-electron chi connectivity index (χ1n) is 4.96. The van der Waals surface area contributed by atoms with E-state index in [-0.39, 0.29) is 0 Å². The number of nitrogens with one attached hydrogen (secondary N) is 1. The number of aromatic nitrogens is 2. The Morgan fingerprint density at radius 3 is 3.23 bits per heavy atom. The molecule has 4 heteroatoms. The molecule has 1 aromatic heterocycles. The largest absolute Gasteiger partial charge is 0.309 e. The summed E-state index contributed by atoms with van der Waals surface area (Å²) in [6.45, 7) is 3.33. The molecule has 1 unspecified atom stereocenters. The summed E-state index contributed by atoms with van der Waals surface area (Å²) >= 11 is 1.56. The molecule has 0 amide bonds. The Labute approximate surface area is 82.7 Å². The first-order valence-corrected chi connectivity index (χ1v) is 5.73. The molecule has 0 radical (unpaired) electrons. The molecule has 2 heterocycles. The van der Waals surface area contributed by atoms with Crippen molar-refractivity contribution < 1.29 is 0 Å². The van der Waals surface area contributed by atoms with Crippen LogP contribution in [0.1, 0.15) is 42.8 Å². The molecular formula is C9H15N3S. The van der Waals surface area contributed by atoms with Crippen molar-refractivity contribution in [3.8, 4) is 0 Å². The average molecular weight is 197 g/mol. The van der Waals surface area contributed by atoms with Gasteiger partial charge in [0, 0.05) is 6.04 Å². The van der Waals surface area contributed by atoms with Crippen LogP contribution in [0.15, 0.2) is 0 Å². The summed E-state index contributed by atoms with van der Waals surface area (Å²) in [6, 6.07) is 0.543. The summed E-state index contributed by atoms with van der Waals surface area (Å²) in [6.07, 6.45) is 4.77. The second-order valence-electron chi connectivity index (χ2n) is 3.48. The van der Waals surface area contributed by atoms with Gasteiger partial charge in [0.15, 0.2) is 0 Å². The Morgan fingerprint density at radius 2 is 2.54 bits per heavy atom. The van der Waals surface area contributed by atoms with Crippen LogP contribution in [0.3, 0.4) is 0 Å². The fourth-order valence-electron chi connectivity index (χ4n) is 1.80. The molecule has 13 heavy (non-hydrogen) atoms. The molecule has 2 rings (SSSR count). The predicted octanol–water partition coefficient (Wildman–Crippen LogP) is 1.92. The van der Waals surface area contributed by atoms with Crippen molar-refractivity contribution in [3.05, 3.63) is 10.6 Å². The summed E-state index contributed by atoms with van der Waals surface area (Å²) in [4.78, 5) is 1.37. The van der Waals surface area contributed by atoms with Gasteiger partial charge in [-0.3, -0.25) is 0 Å². The van der Waals surface area contributed by atoms with Crippen LogP contribution in [-0.4, -0.2) is 16.1 Å². The molecule has 0 bridgehead atoms. The summed E-state index contributed by atoms with van der Waals surface area (Å²) < 4.78 is 4.04. The van der Waals surface area contributed by atoms with Gasteiger partial charge in [-0.05, 0) is 37.3 Å². The van der Waals surface area contributed by atoms with Crippen LogP contribution < -0.4 is 5.32 Å². The van der Waals surface area contributed by atoms with Crippen molar-refractivity contribution in [1.29, 1.82) is 0 Å². The lowest BCUT2D eigenvalue weighted by molar-refractivity contribution is 0.647. The first kappa shape index (κ1) is 9.09. The molecule has 1 aliphatic rings. The van der Waals surface area contributed by atoms with Gasteiger partial charge in [0.25, 0.3) is 0 Å². The zero-order chi connectivity index (χ0) is 9.10. The van der Waals surface area contributed by atoms with E-state index < -0.39 is 0 Å². The van der Waals surface area contributed by atoms with Gasteiger partial charge < -0.3 is 5.32 Å². The van der Waals surface area contributed by atoms with E-state index in [4.69, 9.17) is 0 Å². The second kappa shape index (κ2) is 4.15. The van der Waals surface area contributed by atoms with Gasteiger partial charge in [0.2, 0.25) is 0 Å². The summed E-state index contributed by atoms with van der Waals surface area (Å²) in [5.41, 5.74) is 1.21. The monoisotopic (exact) mass is 197 g/mol. The Bertz CT molecular complexity index is 266. The highest BCUT2D eigenvalue weighted by Crippen LogP contribution is 2.28. The lowest BCUT2D eigenvalue weighted by Crippen LogP contribution is -2.13. The van der Waals surface area contributed by atoms with Gasteiger partial charge in [-0.25, -0.2) is 0 Å². The van der Waals surface area contributed by atoms with E-state index in [1.165, 1.54) is 23.4 Å². The van der Waals surface area contributed by atoms with Crippen molar-refractivity contribution in [2.75, 3.05) is 6.54 Å². The minimum absolute atomic E-state index is 0.543. The zero-order valence-corrected chi connectivity index (χ0v) is 8.73. The normalized spacial score (nSPS) is 22.4. The maximum absolute atomic E-state index is 4.18. The predicted molar refractivity (Wildman–Crippen MR) is 53.9 cm³/mol. The number of aryl methyl sites for hydroxylation is 1. The van der Waals surface area contributed by atoms with Gasteiger partial charge in [0.1, 0.15) is 0 Å². The van der Waals surface area contributed by atoms with Gasteiger partial charge in [-0.1, -0.05) is 17.8 Å². The quantitative estimate of drug-likeness (QED) is 0.804. The molecule has 1 atom stereocenters. The van der Waals surface area contributed by atoms with E-state index in [9.17, 15) is 0 Å². The molecule has 1 N–H and O–H groups in total. The summed E-state index contributed by atoms with van der Waals surface area (Å²) in [5.74, 6) is 0. The highest BCUT2D eigenvalue weighted by Gasteiger charge is 2.21. The van der Waals surface area contributed by atoms with Gasteiger partial charge in [0.05, 0.1) is 10.6 Å². The van der Waals surface area contributed by atoms with E-state index in [0.29, 0.717) is 6.04 Å². The van der Waals surface area contributed by atoms with Crippen LogP contribution in [0, 0.1) is 0 Å². The van der Waals surface area contributed by atoms with E-state index in [1.807, 2.05) is 0 Å². The molecule has 0 aliphatic carbocycles. The lowest BCUT2D eigenvalue weighted by Gasteiger charge is -2.07. The fraction of sp³-hybridized carbons (Fsp3) is 0.778. The highest BCUT2D eigenvalue weighted by molar-refractivity contribution is 7.05. The van der Waals surface area contributed by atoms with Crippen LogP contribution >= 0.6 is 11.5 Å². The third-order valence-electron chi connectivity index (χ3n) is 2.45. The average Bonchev–Trinajstić information content (AvgIpc) is 2.71. The van der Waals surface area contributed by atoms with Crippen LogP contribution in [0.25, 0.3) is 0 Å². The number of hydrogen-bond donors (Lipinski definition) is 1. The summed E-state index contributed by atoms with van der Waals surface area (Å²) in [7, 11) is 0. The van der Waals surface area contributed by atoms with E-state index in [1.54, 1.807) is 11.5 Å². The molecular weight excluding hydrogens is 182 g/mol. The van der Waals surface area contributed by atoms with Crippen LogP contribution in [0.5, 0.6) is 0 Å². The van der Waals surface area contributed by atoms with Gasteiger partial charge in [-0.2, -0.15) is 0 Å². The maximum Gasteiger partial charge on any atom is 0.0803 e. The topological polar surface area (TPSA) is 37.8 Å². The van der Waals surface area contributed by atoms with Crippen LogP contribution in [-0.2, 0) is 6.42 Å². The third-order valence-corrected chi connectivity index (χ3v) is 3.33.